The predicted molar refractivity (Wildman–Crippen MR) is 130 cm³/mol. The van der Waals surface area contributed by atoms with Crippen molar-refractivity contribution in [3.63, 3.8) is 0 Å². The number of fused-ring (bicyclic) bond motifs is 1. The number of benzene rings is 2. The van der Waals surface area contributed by atoms with E-state index in [-0.39, 0.29) is 5.91 Å². The molecule has 2 aromatic rings. The van der Waals surface area contributed by atoms with Gasteiger partial charge in [-0.15, -0.1) is 0 Å². The first-order valence-electron chi connectivity index (χ1n) is 11.2. The van der Waals surface area contributed by atoms with Crippen molar-refractivity contribution in [3.05, 3.63) is 59.8 Å². The van der Waals surface area contributed by atoms with Gasteiger partial charge in [-0.1, -0.05) is 37.6 Å². The van der Waals surface area contributed by atoms with Crippen LogP contribution in [-0.4, -0.2) is 43.9 Å². The third-order valence-corrected chi connectivity index (χ3v) is 5.49. The van der Waals surface area contributed by atoms with E-state index in [1.54, 1.807) is 13.2 Å². The smallest absolute Gasteiger partial charge is 0.243 e. The van der Waals surface area contributed by atoms with Crippen LogP contribution in [0.3, 0.4) is 0 Å². The zero-order chi connectivity index (χ0) is 21.9. The average molecular weight is 420 g/mol. The maximum Gasteiger partial charge on any atom is 0.243 e. The number of hydrogen-bond donors (Lipinski definition) is 1. The van der Waals surface area contributed by atoms with Gasteiger partial charge >= 0.3 is 0 Å². The lowest BCUT2D eigenvalue weighted by atomic mass is 9.94. The third kappa shape index (κ3) is 6.45. The summed E-state index contributed by atoms with van der Waals surface area (Å²) in [5, 5.41) is 5.31. The quantitative estimate of drug-likeness (QED) is 0.414. The molecule has 1 heterocycles. The molecule has 1 N–H and O–H groups in total. The Morgan fingerprint density at radius 3 is 2.81 bits per heavy atom. The molecule has 3 rings (SSSR count). The van der Waals surface area contributed by atoms with Crippen LogP contribution in [0, 0.1) is 0 Å². The molecule has 1 amide bonds. The minimum absolute atomic E-state index is 0.0592. The van der Waals surface area contributed by atoms with E-state index in [0.29, 0.717) is 6.54 Å². The molecule has 0 bridgehead atoms. The number of allylic oxidation sites excluding steroid dienone is 1. The second kappa shape index (κ2) is 11.9. The molecule has 0 aromatic heterocycles. The summed E-state index contributed by atoms with van der Waals surface area (Å²) in [7, 11) is 1.69. The van der Waals surface area contributed by atoms with E-state index >= 15 is 0 Å². The Bertz CT molecular complexity index is 963. The Morgan fingerprint density at radius 1 is 1.23 bits per heavy atom. The topological polar surface area (TPSA) is 53.9 Å². The van der Waals surface area contributed by atoms with Gasteiger partial charge in [0.2, 0.25) is 5.91 Å². The van der Waals surface area contributed by atoms with Crippen molar-refractivity contribution < 1.29 is 9.53 Å². The summed E-state index contributed by atoms with van der Waals surface area (Å²) in [4.78, 5) is 18.7. The number of ether oxygens (including phenoxy) is 1. The minimum Gasteiger partial charge on any atom is -0.496 e. The van der Waals surface area contributed by atoms with Gasteiger partial charge in [0.1, 0.15) is 12.4 Å². The largest absolute Gasteiger partial charge is 0.496 e. The molecule has 0 aliphatic carbocycles. The Kier molecular flexibility index (Phi) is 8.71. The van der Waals surface area contributed by atoms with Gasteiger partial charge in [-0.2, -0.15) is 0 Å². The molecular formula is C26H33N3O2. The first-order chi connectivity index (χ1) is 15.2. The lowest BCUT2D eigenvalue weighted by Crippen LogP contribution is -2.24. The van der Waals surface area contributed by atoms with Crippen LogP contribution in [0.15, 0.2) is 53.7 Å². The van der Waals surface area contributed by atoms with Crippen LogP contribution < -0.4 is 10.1 Å². The second-order valence-corrected chi connectivity index (χ2v) is 7.75. The van der Waals surface area contributed by atoms with E-state index < -0.39 is 0 Å². The van der Waals surface area contributed by atoms with E-state index in [1.165, 1.54) is 10.9 Å². The van der Waals surface area contributed by atoms with E-state index in [2.05, 4.69) is 46.5 Å². The molecule has 5 nitrogen and oxygen atoms in total. The van der Waals surface area contributed by atoms with Crippen molar-refractivity contribution in [3.8, 4) is 5.75 Å². The molecule has 164 valence electrons. The van der Waals surface area contributed by atoms with Gasteiger partial charge in [0.15, 0.2) is 0 Å². The van der Waals surface area contributed by atoms with Crippen LogP contribution in [0.1, 0.15) is 43.7 Å². The summed E-state index contributed by atoms with van der Waals surface area (Å²) < 4.78 is 5.62. The monoisotopic (exact) mass is 419 g/mol. The number of aryl methyl sites for hydroxylation is 1. The van der Waals surface area contributed by atoms with Gasteiger partial charge < -0.3 is 15.0 Å². The zero-order valence-corrected chi connectivity index (χ0v) is 18.6. The van der Waals surface area contributed by atoms with Crippen molar-refractivity contribution in [1.29, 1.82) is 0 Å². The van der Waals surface area contributed by atoms with Gasteiger partial charge in [0.05, 0.1) is 7.11 Å². The number of hydrogen-bond acceptors (Lipinski definition) is 4. The highest BCUT2D eigenvalue weighted by atomic mass is 16.5. The number of nitrogens with one attached hydrogen (secondary N) is 1. The molecule has 0 radical (unpaired) electrons. The zero-order valence-electron chi connectivity index (χ0n) is 18.6. The Labute approximate surface area is 185 Å². The highest BCUT2D eigenvalue weighted by molar-refractivity contribution is 5.96. The average Bonchev–Trinajstić information content (AvgIpc) is 2.81. The third-order valence-electron chi connectivity index (χ3n) is 5.49. The number of aliphatic imine (C=N–C) groups is 1. The number of unbranched alkanes of at least 4 members (excludes halogenated alkanes) is 2. The van der Waals surface area contributed by atoms with Gasteiger partial charge in [-0.25, -0.2) is 0 Å². The fraction of sp³-hybridized carbons (Fsp3) is 0.385. The van der Waals surface area contributed by atoms with E-state index in [0.717, 1.165) is 62.0 Å². The van der Waals surface area contributed by atoms with Gasteiger partial charge in [-0.3, -0.25) is 9.79 Å². The molecule has 0 saturated carbocycles. The van der Waals surface area contributed by atoms with Crippen molar-refractivity contribution in [1.82, 2.24) is 10.2 Å². The normalized spacial score (nSPS) is 13.3. The summed E-state index contributed by atoms with van der Waals surface area (Å²) in [5.74, 6) is 0.781. The van der Waals surface area contributed by atoms with E-state index in [1.807, 2.05) is 30.5 Å². The number of carbonyl (C=O) groups is 1. The molecule has 31 heavy (non-hydrogen) atoms. The predicted octanol–water partition coefficient (Wildman–Crippen LogP) is 4.96. The number of rotatable bonds is 11. The van der Waals surface area contributed by atoms with Crippen LogP contribution in [-0.2, 0) is 11.2 Å². The van der Waals surface area contributed by atoms with Gasteiger partial charge in [-0.05, 0) is 60.4 Å². The first-order valence-corrected chi connectivity index (χ1v) is 11.2. The van der Waals surface area contributed by atoms with Crippen molar-refractivity contribution in [2.45, 2.75) is 39.0 Å². The fourth-order valence-corrected chi connectivity index (χ4v) is 3.81. The molecule has 1 aliphatic heterocycles. The first kappa shape index (κ1) is 22.6. The van der Waals surface area contributed by atoms with E-state index in [4.69, 9.17) is 4.74 Å². The van der Waals surface area contributed by atoms with Crippen molar-refractivity contribution in [2.75, 3.05) is 26.9 Å². The number of amides is 1. The van der Waals surface area contributed by atoms with Crippen LogP contribution in [0.4, 0.5) is 0 Å². The summed E-state index contributed by atoms with van der Waals surface area (Å²) in [6.45, 7) is 4.55. The Morgan fingerprint density at radius 2 is 2.06 bits per heavy atom. The number of methoxy groups -OCH3 is 1. The number of nitrogens with zero attached hydrogens (tertiary/aromatic N) is 2. The van der Waals surface area contributed by atoms with Gasteiger partial charge in [0.25, 0.3) is 0 Å². The highest BCUT2D eigenvalue weighted by Gasteiger charge is 2.11. The van der Waals surface area contributed by atoms with Crippen molar-refractivity contribution in [2.24, 2.45) is 4.99 Å². The SMILES string of the molecule is CCCCc1c(C=CC(=O)NCCCCN2C=CC=NC2)cc(OC)c2ccccc12. The van der Waals surface area contributed by atoms with Crippen molar-refractivity contribution >= 4 is 29.0 Å². The number of carbonyl (C=O) groups excluding carboxylic acids is 1. The maximum absolute atomic E-state index is 12.4. The fourth-order valence-electron chi connectivity index (χ4n) is 3.81. The molecule has 5 heteroatoms. The van der Waals surface area contributed by atoms with Crippen LogP contribution >= 0.6 is 0 Å². The molecule has 0 atom stereocenters. The molecular weight excluding hydrogens is 386 g/mol. The van der Waals surface area contributed by atoms with Crippen LogP contribution in [0.5, 0.6) is 5.75 Å². The Hall–Kier alpha value is -3.08. The lowest BCUT2D eigenvalue weighted by Gasteiger charge is -2.19. The summed E-state index contributed by atoms with van der Waals surface area (Å²) >= 11 is 0. The molecule has 0 saturated heterocycles. The lowest BCUT2D eigenvalue weighted by molar-refractivity contribution is -0.116. The maximum atomic E-state index is 12.4. The highest BCUT2D eigenvalue weighted by Crippen LogP contribution is 2.33. The van der Waals surface area contributed by atoms with E-state index in [9.17, 15) is 4.79 Å². The minimum atomic E-state index is -0.0592. The van der Waals surface area contributed by atoms with Gasteiger partial charge in [0, 0.05) is 37.0 Å². The molecule has 0 unspecified atom stereocenters. The summed E-state index contributed by atoms with van der Waals surface area (Å²) in [5.41, 5.74) is 2.33. The Balaban J connectivity index is 1.60. The molecule has 0 spiro atoms. The van der Waals surface area contributed by atoms with Crippen LogP contribution in [0.2, 0.25) is 0 Å². The van der Waals surface area contributed by atoms with Crippen LogP contribution in [0.25, 0.3) is 16.8 Å². The summed E-state index contributed by atoms with van der Waals surface area (Å²) in [6.07, 6.45) is 14.6. The molecule has 1 aliphatic rings. The summed E-state index contributed by atoms with van der Waals surface area (Å²) in [6, 6.07) is 10.4. The second-order valence-electron chi connectivity index (χ2n) is 7.75. The molecule has 2 aromatic carbocycles. The standard InChI is InChI=1S/C26H33N3O2/c1-3-4-10-22-21(19-25(31-2)24-12-6-5-11-23(22)24)13-14-26(30)28-16-7-8-17-29-18-9-15-27-20-29/h5-6,9,11-15,18-19H,3-4,7-8,10,16-17,20H2,1-2H3,(H,28,30). The molecule has 0 fully saturated rings.